The van der Waals surface area contributed by atoms with Gasteiger partial charge in [-0.05, 0) is 18.1 Å². The Morgan fingerprint density at radius 2 is 1.62 bits per heavy atom. The zero-order chi connectivity index (χ0) is 16.8. The molecule has 1 aromatic heterocycles. The molecule has 4 nitrogen and oxygen atoms in total. The maximum atomic E-state index is 10.8. The molecule has 2 rings (SSSR count). The first-order valence-corrected chi connectivity index (χ1v) is 7.78. The van der Waals surface area contributed by atoms with Gasteiger partial charge in [-0.2, -0.15) is 0 Å². The second-order valence-corrected chi connectivity index (χ2v) is 3.57. The van der Waals surface area contributed by atoms with Gasteiger partial charge in [0.1, 0.15) is 0 Å². The van der Waals surface area contributed by atoms with Crippen molar-refractivity contribution in [3.05, 3.63) is 36.0 Å². The van der Waals surface area contributed by atoms with Crippen molar-refractivity contribution in [3.8, 4) is 0 Å². The number of rotatable bonds is 3. The number of H-pyrrole nitrogens is 1. The number of primary amides is 1. The van der Waals surface area contributed by atoms with Gasteiger partial charge in [-0.3, -0.25) is 4.79 Å². The normalized spacial score (nSPS) is 10.0. The van der Waals surface area contributed by atoms with Crippen LogP contribution >= 0.6 is 0 Å². The van der Waals surface area contributed by atoms with Crippen LogP contribution in [0.15, 0.2) is 30.5 Å². The molecule has 0 spiro atoms. The summed E-state index contributed by atoms with van der Waals surface area (Å²) in [5.41, 5.74) is 12.8. The number of carbonyl (C=O) groups is 1. The zero-order valence-electron chi connectivity index (χ0n) is 14.2. The highest BCUT2D eigenvalue weighted by Gasteiger charge is 2.12. The molecule has 0 aliphatic rings. The maximum absolute atomic E-state index is 10.8. The van der Waals surface area contributed by atoms with Crippen molar-refractivity contribution in [1.82, 2.24) is 4.98 Å². The highest BCUT2D eigenvalue weighted by molar-refractivity contribution is 5.85. The van der Waals surface area contributed by atoms with E-state index in [1.165, 1.54) is 0 Å². The van der Waals surface area contributed by atoms with Crippen molar-refractivity contribution in [2.45, 2.75) is 54.0 Å². The zero-order valence-corrected chi connectivity index (χ0v) is 14.2. The van der Waals surface area contributed by atoms with E-state index >= 15 is 0 Å². The van der Waals surface area contributed by atoms with E-state index in [9.17, 15) is 4.79 Å². The van der Waals surface area contributed by atoms with Gasteiger partial charge < -0.3 is 16.5 Å². The van der Waals surface area contributed by atoms with Crippen LogP contribution in [0.25, 0.3) is 10.9 Å². The van der Waals surface area contributed by atoms with Crippen molar-refractivity contribution in [2.24, 2.45) is 11.5 Å². The molecule has 1 amide bonds. The van der Waals surface area contributed by atoms with Crippen LogP contribution in [0, 0.1) is 0 Å². The molecule has 0 aliphatic carbocycles. The van der Waals surface area contributed by atoms with Gasteiger partial charge in [0.25, 0.3) is 0 Å². The molecule has 4 heteroatoms. The lowest BCUT2D eigenvalue weighted by molar-refractivity contribution is -0.119. The van der Waals surface area contributed by atoms with Crippen LogP contribution in [0.2, 0.25) is 0 Å². The van der Waals surface area contributed by atoms with Crippen LogP contribution in [-0.4, -0.2) is 16.9 Å². The van der Waals surface area contributed by atoms with E-state index in [0.29, 0.717) is 6.42 Å². The number of nitrogens with two attached hydrogens (primary N) is 2. The third kappa shape index (κ3) is 6.95. The number of carbonyl (C=O) groups excluding carboxylic acids is 1. The average Bonchev–Trinajstić information content (AvgIpc) is 2.96. The summed E-state index contributed by atoms with van der Waals surface area (Å²) in [6.45, 7) is 12.0. The van der Waals surface area contributed by atoms with Crippen LogP contribution in [0.3, 0.4) is 0 Å². The van der Waals surface area contributed by atoms with Crippen LogP contribution in [0.1, 0.15) is 47.1 Å². The topological polar surface area (TPSA) is 84.9 Å². The van der Waals surface area contributed by atoms with Crippen molar-refractivity contribution < 1.29 is 4.79 Å². The van der Waals surface area contributed by atoms with Gasteiger partial charge in [-0.25, -0.2) is 0 Å². The lowest BCUT2D eigenvalue weighted by Gasteiger charge is -2.05. The number of aromatic nitrogens is 1. The fourth-order valence-electron chi connectivity index (χ4n) is 1.64. The van der Waals surface area contributed by atoms with Crippen LogP contribution in [0.4, 0.5) is 0 Å². The third-order valence-corrected chi connectivity index (χ3v) is 2.48. The van der Waals surface area contributed by atoms with Crippen LogP contribution in [0.5, 0.6) is 0 Å². The van der Waals surface area contributed by atoms with Gasteiger partial charge >= 0.3 is 0 Å². The summed E-state index contributed by atoms with van der Waals surface area (Å²) in [7, 11) is 0. The molecule has 5 N–H and O–H groups in total. The highest BCUT2D eigenvalue weighted by atomic mass is 16.1. The summed E-state index contributed by atoms with van der Waals surface area (Å²) in [5.74, 6) is -0.472. The molecule has 21 heavy (non-hydrogen) atoms. The Hall–Kier alpha value is -1.81. The molecule has 0 bridgehead atoms. The molecule has 1 heterocycles. The van der Waals surface area contributed by atoms with Crippen molar-refractivity contribution >= 4 is 16.8 Å². The second-order valence-electron chi connectivity index (χ2n) is 3.57. The number of hydrogen-bond donors (Lipinski definition) is 3. The summed E-state index contributed by atoms with van der Waals surface area (Å²) in [4.78, 5) is 14.0. The first kappa shape index (κ1) is 21.5. The smallest absolute Gasteiger partial charge is 0.234 e. The van der Waals surface area contributed by atoms with Gasteiger partial charge in [0.2, 0.25) is 5.91 Å². The Balaban J connectivity index is 0. The van der Waals surface area contributed by atoms with Crippen LogP contribution in [-0.2, 0) is 11.2 Å². The molecule has 0 aliphatic heterocycles. The quantitative estimate of drug-likeness (QED) is 0.807. The highest BCUT2D eigenvalue weighted by Crippen LogP contribution is 2.18. The molecule has 1 unspecified atom stereocenters. The van der Waals surface area contributed by atoms with Gasteiger partial charge in [-0.1, -0.05) is 59.7 Å². The van der Waals surface area contributed by atoms with Crippen molar-refractivity contribution in [3.63, 3.8) is 0 Å². The molecule has 1 atom stereocenters. The summed E-state index contributed by atoms with van der Waals surface area (Å²) in [6.07, 6.45) is 2.34. The summed E-state index contributed by atoms with van der Waals surface area (Å²) in [6, 6.07) is 7.26. The predicted molar refractivity (Wildman–Crippen MR) is 93.2 cm³/mol. The molecule has 0 radical (unpaired) electrons. The molecule has 0 fully saturated rings. The average molecular weight is 293 g/mol. The Bertz CT molecular complexity index is 491. The number of fused-ring (bicyclic) bond motifs is 1. The fraction of sp³-hybridized carbons (Fsp3) is 0.471. The molecule has 0 saturated heterocycles. The SMILES string of the molecule is CC.CC.CC.NC(=O)C(N)Cc1c[nH]c2ccccc12. The summed E-state index contributed by atoms with van der Waals surface area (Å²) >= 11 is 0. The fourth-order valence-corrected chi connectivity index (χ4v) is 1.64. The number of amides is 1. The molecule has 120 valence electrons. The van der Waals surface area contributed by atoms with Gasteiger partial charge in [0.05, 0.1) is 6.04 Å². The predicted octanol–water partition coefficient (Wildman–Crippen LogP) is 3.60. The Morgan fingerprint density at radius 1 is 1.10 bits per heavy atom. The van der Waals surface area contributed by atoms with Crippen LogP contribution < -0.4 is 11.5 Å². The largest absolute Gasteiger partial charge is 0.368 e. The second kappa shape index (κ2) is 13.2. The lowest BCUT2D eigenvalue weighted by Crippen LogP contribution is -2.38. The molecule has 2 aromatic rings. The minimum Gasteiger partial charge on any atom is -0.368 e. The minimum atomic E-state index is -0.621. The van der Waals surface area contributed by atoms with E-state index in [4.69, 9.17) is 11.5 Å². The summed E-state index contributed by atoms with van der Waals surface area (Å²) < 4.78 is 0. The van der Waals surface area contributed by atoms with Gasteiger partial charge in [0, 0.05) is 17.1 Å². The van der Waals surface area contributed by atoms with Gasteiger partial charge in [0.15, 0.2) is 0 Å². The number of nitrogens with one attached hydrogen (secondary N) is 1. The lowest BCUT2D eigenvalue weighted by atomic mass is 10.1. The standard InChI is InChI=1S/C11H13N3O.3C2H6/c12-9(11(13)15)5-7-6-14-10-4-2-1-3-8(7)10;3*1-2/h1-4,6,9,14H,5,12H2,(H2,13,15);3*1-2H3. The van der Waals surface area contributed by atoms with Crippen molar-refractivity contribution in [1.29, 1.82) is 0 Å². The first-order chi connectivity index (χ1) is 10.2. The maximum Gasteiger partial charge on any atom is 0.234 e. The van der Waals surface area contributed by atoms with E-state index in [-0.39, 0.29) is 0 Å². The Labute approximate surface area is 128 Å². The third-order valence-electron chi connectivity index (χ3n) is 2.48. The monoisotopic (exact) mass is 293 g/mol. The first-order valence-electron chi connectivity index (χ1n) is 7.78. The number of para-hydroxylation sites is 1. The van der Waals surface area contributed by atoms with E-state index in [1.54, 1.807) is 0 Å². The van der Waals surface area contributed by atoms with E-state index < -0.39 is 11.9 Å². The number of hydrogen-bond acceptors (Lipinski definition) is 2. The molecular weight excluding hydrogens is 262 g/mol. The van der Waals surface area contributed by atoms with E-state index in [0.717, 1.165) is 16.5 Å². The van der Waals surface area contributed by atoms with Crippen molar-refractivity contribution in [2.75, 3.05) is 0 Å². The Morgan fingerprint density at radius 3 is 2.14 bits per heavy atom. The number of benzene rings is 1. The Kier molecular flexibility index (Phi) is 13.5. The molecule has 1 aromatic carbocycles. The number of aromatic amines is 1. The minimum absolute atomic E-state index is 0.472. The van der Waals surface area contributed by atoms with E-state index in [2.05, 4.69) is 4.98 Å². The van der Waals surface area contributed by atoms with E-state index in [1.807, 2.05) is 72.0 Å². The van der Waals surface area contributed by atoms with Gasteiger partial charge in [-0.15, -0.1) is 0 Å². The molecule has 0 saturated carbocycles. The molecular formula is C17H31N3O. The summed E-state index contributed by atoms with van der Waals surface area (Å²) in [5, 5.41) is 1.09.